The van der Waals surface area contributed by atoms with E-state index in [1.54, 1.807) is 4.90 Å². The standard InChI is InChI=1S/C19H33N3O5/c1-5-15-16(14(23)12-27-15)21-17(24)13(11-19(3,4)6-2)20-18(25)22-7-9-26-10-8-22/h13,15-16H,5-12H2,1-4H3,(H,20,25)(H,21,24). The highest BCUT2D eigenvalue weighted by Gasteiger charge is 2.38. The smallest absolute Gasteiger partial charge is 0.318 e. The molecule has 8 heteroatoms. The number of ether oxygens (including phenoxy) is 2. The van der Waals surface area contributed by atoms with Crippen LogP contribution in [0.2, 0.25) is 0 Å². The molecule has 0 bridgehead atoms. The third-order valence-electron chi connectivity index (χ3n) is 5.48. The Morgan fingerprint density at radius 2 is 1.93 bits per heavy atom. The lowest BCUT2D eigenvalue weighted by Gasteiger charge is -2.32. The van der Waals surface area contributed by atoms with Gasteiger partial charge in [-0.3, -0.25) is 9.59 Å². The van der Waals surface area contributed by atoms with Crippen molar-refractivity contribution in [1.29, 1.82) is 0 Å². The maximum Gasteiger partial charge on any atom is 0.318 e. The summed E-state index contributed by atoms with van der Waals surface area (Å²) < 4.78 is 10.7. The Morgan fingerprint density at radius 3 is 2.52 bits per heavy atom. The Labute approximate surface area is 161 Å². The summed E-state index contributed by atoms with van der Waals surface area (Å²) in [5.41, 5.74) is -0.124. The lowest BCUT2D eigenvalue weighted by Crippen LogP contribution is -2.57. The molecule has 2 saturated heterocycles. The normalized spacial score (nSPS) is 24.6. The quantitative estimate of drug-likeness (QED) is 0.686. The van der Waals surface area contributed by atoms with Crippen molar-refractivity contribution < 1.29 is 23.9 Å². The number of hydrogen-bond acceptors (Lipinski definition) is 5. The fourth-order valence-electron chi connectivity index (χ4n) is 3.28. The zero-order valence-corrected chi connectivity index (χ0v) is 16.9. The maximum atomic E-state index is 12.9. The molecule has 0 aromatic rings. The second-order valence-electron chi connectivity index (χ2n) is 8.03. The van der Waals surface area contributed by atoms with Gasteiger partial charge in [0.15, 0.2) is 5.78 Å². The van der Waals surface area contributed by atoms with Crippen LogP contribution >= 0.6 is 0 Å². The first kappa shape index (κ1) is 21.6. The minimum Gasteiger partial charge on any atom is -0.378 e. The number of rotatable bonds is 7. The molecule has 0 aromatic heterocycles. The molecule has 8 nitrogen and oxygen atoms in total. The summed E-state index contributed by atoms with van der Waals surface area (Å²) in [4.78, 5) is 39.3. The molecule has 27 heavy (non-hydrogen) atoms. The van der Waals surface area contributed by atoms with E-state index in [1.165, 1.54) is 0 Å². The SMILES string of the molecule is CCC1OCC(=O)C1NC(=O)C(CC(C)(C)CC)NC(=O)N1CCOCC1. The first-order valence-corrected chi connectivity index (χ1v) is 9.85. The molecule has 0 aliphatic carbocycles. The van der Waals surface area contributed by atoms with E-state index in [-0.39, 0.29) is 35.8 Å². The third kappa shape index (κ3) is 5.90. The average Bonchev–Trinajstić information content (AvgIpc) is 3.01. The second kappa shape index (κ2) is 9.50. The van der Waals surface area contributed by atoms with Crippen molar-refractivity contribution in [2.45, 2.75) is 65.1 Å². The Kier molecular flexibility index (Phi) is 7.61. The van der Waals surface area contributed by atoms with Gasteiger partial charge >= 0.3 is 6.03 Å². The Hall–Kier alpha value is -1.67. The van der Waals surface area contributed by atoms with Gasteiger partial charge in [-0.15, -0.1) is 0 Å². The minimum absolute atomic E-state index is 0.0225. The molecule has 0 spiro atoms. The molecule has 3 unspecified atom stereocenters. The number of hydrogen-bond donors (Lipinski definition) is 2. The predicted molar refractivity (Wildman–Crippen MR) is 100 cm³/mol. The summed E-state index contributed by atoms with van der Waals surface area (Å²) in [7, 11) is 0. The highest BCUT2D eigenvalue weighted by molar-refractivity contribution is 5.94. The molecule has 2 rings (SSSR count). The lowest BCUT2D eigenvalue weighted by atomic mass is 9.83. The third-order valence-corrected chi connectivity index (χ3v) is 5.48. The molecule has 154 valence electrons. The van der Waals surface area contributed by atoms with E-state index in [0.717, 1.165) is 6.42 Å². The molecule has 3 amide bonds. The summed E-state index contributed by atoms with van der Waals surface area (Å²) in [5.74, 6) is -0.455. The van der Waals surface area contributed by atoms with E-state index < -0.39 is 12.1 Å². The van der Waals surface area contributed by atoms with Crippen LogP contribution < -0.4 is 10.6 Å². The van der Waals surface area contributed by atoms with Crippen LogP contribution in [0.5, 0.6) is 0 Å². The highest BCUT2D eigenvalue weighted by Crippen LogP contribution is 2.26. The molecule has 0 radical (unpaired) electrons. The predicted octanol–water partition coefficient (Wildman–Crippen LogP) is 1.09. The van der Waals surface area contributed by atoms with Crippen LogP contribution in [-0.4, -0.2) is 73.7 Å². The van der Waals surface area contributed by atoms with Crippen LogP contribution in [0.1, 0.15) is 47.0 Å². The molecule has 2 N–H and O–H groups in total. The monoisotopic (exact) mass is 383 g/mol. The van der Waals surface area contributed by atoms with Gasteiger partial charge in [-0.2, -0.15) is 0 Å². The number of carbonyl (C=O) groups excluding carboxylic acids is 3. The highest BCUT2D eigenvalue weighted by atomic mass is 16.5. The second-order valence-corrected chi connectivity index (χ2v) is 8.03. The molecule has 2 aliphatic rings. The molecule has 0 aromatic carbocycles. The van der Waals surface area contributed by atoms with Gasteiger partial charge in [0.1, 0.15) is 18.7 Å². The van der Waals surface area contributed by atoms with Crippen LogP contribution in [0.25, 0.3) is 0 Å². The summed E-state index contributed by atoms with van der Waals surface area (Å²) in [6.45, 7) is 10.1. The lowest BCUT2D eigenvalue weighted by molar-refractivity contribution is -0.128. The molecule has 0 saturated carbocycles. The number of nitrogens with one attached hydrogen (secondary N) is 2. The van der Waals surface area contributed by atoms with Crippen molar-refractivity contribution in [2.24, 2.45) is 5.41 Å². The van der Waals surface area contributed by atoms with Crippen LogP contribution in [0.4, 0.5) is 4.79 Å². The van der Waals surface area contributed by atoms with Crippen LogP contribution in [0.3, 0.4) is 0 Å². The Bertz CT molecular complexity index is 545. The molecule has 2 heterocycles. The van der Waals surface area contributed by atoms with Gasteiger partial charge in [0.05, 0.1) is 19.3 Å². The number of morpholine rings is 1. The molecule has 3 atom stereocenters. The van der Waals surface area contributed by atoms with Crippen molar-refractivity contribution >= 4 is 17.7 Å². The van der Waals surface area contributed by atoms with Gasteiger partial charge < -0.3 is 25.0 Å². The van der Waals surface area contributed by atoms with E-state index >= 15 is 0 Å². The Balaban J connectivity index is 2.07. The van der Waals surface area contributed by atoms with Gasteiger partial charge in [-0.05, 0) is 18.3 Å². The fraction of sp³-hybridized carbons (Fsp3) is 0.842. The van der Waals surface area contributed by atoms with Crippen LogP contribution in [0, 0.1) is 5.41 Å². The largest absolute Gasteiger partial charge is 0.378 e. The number of nitrogens with zero attached hydrogens (tertiary/aromatic N) is 1. The summed E-state index contributed by atoms with van der Waals surface area (Å²) in [6.07, 6.45) is 1.69. The minimum atomic E-state index is -0.707. The topological polar surface area (TPSA) is 97.0 Å². The molecular weight excluding hydrogens is 350 g/mol. The van der Waals surface area contributed by atoms with Gasteiger partial charge in [0.2, 0.25) is 5.91 Å². The number of ketones is 1. The molecule has 2 fully saturated rings. The Morgan fingerprint density at radius 1 is 1.26 bits per heavy atom. The van der Waals surface area contributed by atoms with Gasteiger partial charge in [-0.25, -0.2) is 4.79 Å². The first-order valence-electron chi connectivity index (χ1n) is 9.85. The molecular formula is C19H33N3O5. The number of urea groups is 1. The van der Waals surface area contributed by atoms with E-state index in [9.17, 15) is 14.4 Å². The van der Waals surface area contributed by atoms with Gasteiger partial charge in [-0.1, -0.05) is 34.1 Å². The molecule has 2 aliphatic heterocycles. The first-order chi connectivity index (χ1) is 12.8. The summed E-state index contributed by atoms with van der Waals surface area (Å²) >= 11 is 0. The zero-order valence-electron chi connectivity index (χ0n) is 16.9. The van der Waals surface area contributed by atoms with Crippen LogP contribution in [-0.2, 0) is 19.1 Å². The van der Waals surface area contributed by atoms with Gasteiger partial charge in [0, 0.05) is 13.1 Å². The van der Waals surface area contributed by atoms with Crippen molar-refractivity contribution in [3.63, 3.8) is 0 Å². The summed E-state index contributed by atoms with van der Waals surface area (Å²) in [5, 5.41) is 5.68. The van der Waals surface area contributed by atoms with Crippen molar-refractivity contribution in [3.8, 4) is 0 Å². The van der Waals surface area contributed by atoms with E-state index in [0.29, 0.717) is 39.1 Å². The van der Waals surface area contributed by atoms with Gasteiger partial charge in [0.25, 0.3) is 0 Å². The average molecular weight is 383 g/mol. The fourth-order valence-corrected chi connectivity index (χ4v) is 3.28. The van der Waals surface area contributed by atoms with E-state index in [1.807, 2.05) is 6.92 Å². The number of amides is 3. The van der Waals surface area contributed by atoms with Crippen molar-refractivity contribution in [1.82, 2.24) is 15.5 Å². The zero-order chi connectivity index (χ0) is 20.0. The van der Waals surface area contributed by atoms with E-state index in [4.69, 9.17) is 9.47 Å². The van der Waals surface area contributed by atoms with Crippen LogP contribution in [0.15, 0.2) is 0 Å². The van der Waals surface area contributed by atoms with Crippen molar-refractivity contribution in [3.05, 3.63) is 0 Å². The number of carbonyl (C=O) groups is 3. The number of Topliss-reactive ketones (excluding diaryl/α,β-unsaturated/α-hetero) is 1. The summed E-state index contributed by atoms with van der Waals surface area (Å²) in [6, 6.07) is -1.62. The van der Waals surface area contributed by atoms with Crippen molar-refractivity contribution in [2.75, 3.05) is 32.9 Å². The van der Waals surface area contributed by atoms with E-state index in [2.05, 4.69) is 31.4 Å². The maximum absolute atomic E-state index is 12.9.